The summed E-state index contributed by atoms with van der Waals surface area (Å²) in [4.78, 5) is 10.8. The van der Waals surface area contributed by atoms with Crippen molar-refractivity contribution in [3.8, 4) is 0 Å². The zero-order valence-electron chi connectivity index (χ0n) is 18.5. The second-order valence-electron chi connectivity index (χ2n) is 8.24. The summed E-state index contributed by atoms with van der Waals surface area (Å²) in [5.41, 5.74) is 0. The summed E-state index contributed by atoms with van der Waals surface area (Å²) < 4.78 is 5.03. The standard InChI is InChI=1S/C24H48O3/c1-3-5-7-8-9-10-11-12-13-14-15-16-17-18-20-22-23(27-24(25)26)21-19-6-4-2/h23H,3-22H2,1-2H3,(H,25,26). The lowest BCUT2D eigenvalue weighted by Gasteiger charge is -2.15. The van der Waals surface area contributed by atoms with E-state index in [0.29, 0.717) is 0 Å². The van der Waals surface area contributed by atoms with Crippen LogP contribution in [0.15, 0.2) is 0 Å². The van der Waals surface area contributed by atoms with Crippen molar-refractivity contribution in [2.45, 2.75) is 148 Å². The Morgan fingerprint density at radius 2 is 0.889 bits per heavy atom. The molecule has 0 fully saturated rings. The summed E-state index contributed by atoms with van der Waals surface area (Å²) in [5, 5.41) is 8.84. The largest absolute Gasteiger partial charge is 0.506 e. The van der Waals surface area contributed by atoms with Gasteiger partial charge in [0.25, 0.3) is 0 Å². The minimum absolute atomic E-state index is 0.0870. The molecule has 0 aliphatic carbocycles. The van der Waals surface area contributed by atoms with Crippen molar-refractivity contribution < 1.29 is 14.6 Å². The molecule has 0 rings (SSSR count). The highest BCUT2D eigenvalue weighted by Crippen LogP contribution is 2.17. The summed E-state index contributed by atoms with van der Waals surface area (Å²) in [5.74, 6) is 0. The van der Waals surface area contributed by atoms with Gasteiger partial charge in [0, 0.05) is 0 Å². The Bertz CT molecular complexity index is 304. The van der Waals surface area contributed by atoms with Crippen molar-refractivity contribution in [2.24, 2.45) is 0 Å². The van der Waals surface area contributed by atoms with Crippen LogP contribution in [0.5, 0.6) is 0 Å². The van der Waals surface area contributed by atoms with Gasteiger partial charge < -0.3 is 9.84 Å². The molecular formula is C24H48O3. The van der Waals surface area contributed by atoms with Crippen LogP contribution in [0.2, 0.25) is 0 Å². The van der Waals surface area contributed by atoms with Gasteiger partial charge in [0.15, 0.2) is 0 Å². The maximum Gasteiger partial charge on any atom is 0.506 e. The van der Waals surface area contributed by atoms with Gasteiger partial charge in [-0.05, 0) is 25.7 Å². The van der Waals surface area contributed by atoms with Gasteiger partial charge in [-0.15, -0.1) is 0 Å². The third-order valence-electron chi connectivity index (χ3n) is 5.53. The zero-order chi connectivity index (χ0) is 20.0. The van der Waals surface area contributed by atoms with Crippen LogP contribution in [0.25, 0.3) is 0 Å². The third kappa shape index (κ3) is 21.4. The van der Waals surface area contributed by atoms with Crippen LogP contribution in [-0.4, -0.2) is 17.4 Å². The molecule has 162 valence electrons. The molecule has 0 spiro atoms. The van der Waals surface area contributed by atoms with Crippen LogP contribution in [0.3, 0.4) is 0 Å². The lowest BCUT2D eigenvalue weighted by Crippen LogP contribution is -2.16. The van der Waals surface area contributed by atoms with Crippen molar-refractivity contribution in [3.05, 3.63) is 0 Å². The topological polar surface area (TPSA) is 46.5 Å². The molecule has 1 N–H and O–H groups in total. The Balaban J connectivity index is 3.35. The van der Waals surface area contributed by atoms with Crippen molar-refractivity contribution in [3.63, 3.8) is 0 Å². The van der Waals surface area contributed by atoms with E-state index in [1.54, 1.807) is 0 Å². The van der Waals surface area contributed by atoms with Crippen LogP contribution >= 0.6 is 0 Å². The minimum Gasteiger partial charge on any atom is -0.450 e. The number of hydrogen-bond acceptors (Lipinski definition) is 2. The average molecular weight is 385 g/mol. The molecule has 0 amide bonds. The third-order valence-corrected chi connectivity index (χ3v) is 5.53. The van der Waals surface area contributed by atoms with Crippen LogP contribution < -0.4 is 0 Å². The fourth-order valence-corrected chi connectivity index (χ4v) is 3.77. The maximum atomic E-state index is 10.8. The highest BCUT2D eigenvalue weighted by molar-refractivity contribution is 5.57. The molecule has 0 saturated carbocycles. The van der Waals surface area contributed by atoms with E-state index in [4.69, 9.17) is 9.84 Å². The number of carbonyl (C=O) groups is 1. The summed E-state index contributed by atoms with van der Waals surface area (Å²) >= 11 is 0. The molecule has 0 aromatic heterocycles. The Labute approximate surface area is 169 Å². The molecule has 0 aromatic rings. The number of unbranched alkanes of at least 4 members (excludes halogenated alkanes) is 16. The second-order valence-corrected chi connectivity index (χ2v) is 8.24. The van der Waals surface area contributed by atoms with Gasteiger partial charge in [-0.2, -0.15) is 0 Å². The van der Waals surface area contributed by atoms with Crippen LogP contribution in [-0.2, 0) is 4.74 Å². The quantitative estimate of drug-likeness (QED) is 0.159. The van der Waals surface area contributed by atoms with Gasteiger partial charge in [0.2, 0.25) is 0 Å². The van der Waals surface area contributed by atoms with Gasteiger partial charge in [-0.3, -0.25) is 0 Å². The molecule has 0 aliphatic heterocycles. The van der Waals surface area contributed by atoms with Crippen molar-refractivity contribution >= 4 is 6.16 Å². The number of ether oxygens (including phenoxy) is 1. The van der Waals surface area contributed by atoms with Crippen molar-refractivity contribution in [1.82, 2.24) is 0 Å². The average Bonchev–Trinajstić information content (AvgIpc) is 2.64. The number of hydrogen-bond donors (Lipinski definition) is 1. The van der Waals surface area contributed by atoms with Gasteiger partial charge in [-0.1, -0.05) is 117 Å². The molecule has 0 radical (unpaired) electrons. The predicted molar refractivity (Wildman–Crippen MR) is 117 cm³/mol. The Morgan fingerprint density at radius 1 is 0.593 bits per heavy atom. The Hall–Kier alpha value is -0.730. The SMILES string of the molecule is CCCCCCCCCCCCCCCCCC(CCCCC)OC(=O)O. The van der Waals surface area contributed by atoms with Gasteiger partial charge in [0.1, 0.15) is 6.10 Å². The first kappa shape index (κ1) is 26.3. The molecule has 0 heterocycles. The normalized spacial score (nSPS) is 12.2. The van der Waals surface area contributed by atoms with E-state index in [9.17, 15) is 4.79 Å². The number of rotatable bonds is 21. The summed E-state index contributed by atoms with van der Waals surface area (Å²) in [7, 11) is 0. The molecule has 0 saturated heterocycles. The van der Waals surface area contributed by atoms with E-state index in [1.165, 1.54) is 103 Å². The molecule has 27 heavy (non-hydrogen) atoms. The molecule has 1 atom stereocenters. The van der Waals surface area contributed by atoms with E-state index in [0.717, 1.165) is 25.7 Å². The molecular weight excluding hydrogens is 336 g/mol. The van der Waals surface area contributed by atoms with E-state index in [1.807, 2.05) is 0 Å². The highest BCUT2D eigenvalue weighted by Gasteiger charge is 2.12. The van der Waals surface area contributed by atoms with Gasteiger partial charge in [0.05, 0.1) is 0 Å². The fraction of sp³-hybridized carbons (Fsp3) is 0.958. The van der Waals surface area contributed by atoms with E-state index >= 15 is 0 Å². The first-order valence-electron chi connectivity index (χ1n) is 12.1. The first-order valence-corrected chi connectivity index (χ1v) is 12.1. The molecule has 3 heteroatoms. The van der Waals surface area contributed by atoms with E-state index < -0.39 is 6.16 Å². The van der Waals surface area contributed by atoms with Crippen molar-refractivity contribution in [1.29, 1.82) is 0 Å². The lowest BCUT2D eigenvalue weighted by molar-refractivity contribution is 0.0423. The monoisotopic (exact) mass is 384 g/mol. The first-order chi connectivity index (χ1) is 13.2. The summed E-state index contributed by atoms with van der Waals surface area (Å²) in [6.07, 6.45) is 24.4. The smallest absolute Gasteiger partial charge is 0.450 e. The molecule has 0 aliphatic rings. The lowest BCUT2D eigenvalue weighted by atomic mass is 10.0. The molecule has 0 aromatic carbocycles. The van der Waals surface area contributed by atoms with Crippen molar-refractivity contribution in [2.75, 3.05) is 0 Å². The Morgan fingerprint density at radius 3 is 1.26 bits per heavy atom. The van der Waals surface area contributed by atoms with Gasteiger partial charge in [-0.25, -0.2) is 4.79 Å². The Kier molecular flexibility index (Phi) is 21.0. The number of carboxylic acid groups (broad SMARTS) is 1. The molecule has 3 nitrogen and oxygen atoms in total. The predicted octanol–water partition coefficient (Wildman–Crippen LogP) is 8.89. The minimum atomic E-state index is -1.11. The summed E-state index contributed by atoms with van der Waals surface area (Å²) in [6, 6.07) is 0. The van der Waals surface area contributed by atoms with E-state index in [-0.39, 0.29) is 6.10 Å². The zero-order valence-corrected chi connectivity index (χ0v) is 18.5. The van der Waals surface area contributed by atoms with Crippen LogP contribution in [0, 0.1) is 0 Å². The summed E-state index contributed by atoms with van der Waals surface area (Å²) in [6.45, 7) is 4.45. The van der Waals surface area contributed by atoms with Crippen LogP contribution in [0.1, 0.15) is 142 Å². The second kappa shape index (κ2) is 21.6. The molecule has 1 unspecified atom stereocenters. The maximum absolute atomic E-state index is 10.8. The van der Waals surface area contributed by atoms with E-state index in [2.05, 4.69) is 13.8 Å². The molecule has 0 bridgehead atoms. The van der Waals surface area contributed by atoms with Crippen LogP contribution in [0.4, 0.5) is 4.79 Å². The fourth-order valence-electron chi connectivity index (χ4n) is 3.77. The highest BCUT2D eigenvalue weighted by atomic mass is 16.7. The van der Waals surface area contributed by atoms with Gasteiger partial charge >= 0.3 is 6.16 Å².